The highest BCUT2D eigenvalue weighted by Gasteiger charge is 2.21. The third-order valence-electron chi connectivity index (χ3n) is 6.67. The number of unbranched alkanes of at least 4 members (excludes halogenated alkanes) is 1. The molecule has 0 aromatic heterocycles. The first kappa shape index (κ1) is 26.4. The second kappa shape index (κ2) is 15.1. The number of hydrogen-bond acceptors (Lipinski definition) is 3. The zero-order chi connectivity index (χ0) is 21.0. The van der Waals surface area contributed by atoms with E-state index < -0.39 is 0 Å². The number of hydrogen-bond donors (Lipinski definition) is 1. The first-order valence-corrected chi connectivity index (χ1v) is 12.3. The second-order valence-electron chi connectivity index (χ2n) is 8.84. The summed E-state index contributed by atoms with van der Waals surface area (Å²) in [5.41, 5.74) is 1.48. The monoisotopic (exact) mass is 541 g/mol. The number of likely N-dealkylation sites (N-methyl/N-ethyl adjacent to an activating group) is 1. The van der Waals surface area contributed by atoms with Gasteiger partial charge in [0.15, 0.2) is 5.96 Å². The molecule has 2 heterocycles. The highest BCUT2D eigenvalue weighted by atomic mass is 127. The van der Waals surface area contributed by atoms with Crippen LogP contribution in [0.2, 0.25) is 0 Å². The lowest BCUT2D eigenvalue weighted by Gasteiger charge is -2.34. The number of nitrogens with zero attached hydrogens (tertiary/aromatic N) is 4. The van der Waals surface area contributed by atoms with E-state index in [9.17, 15) is 0 Å². The van der Waals surface area contributed by atoms with E-state index in [1.165, 1.54) is 76.9 Å². The van der Waals surface area contributed by atoms with Gasteiger partial charge in [-0.15, -0.1) is 24.0 Å². The molecular formula is C25H44IN5. The molecule has 0 atom stereocenters. The largest absolute Gasteiger partial charge is 0.357 e. The van der Waals surface area contributed by atoms with E-state index in [0.717, 1.165) is 38.1 Å². The summed E-state index contributed by atoms with van der Waals surface area (Å²) in [6.45, 7) is 16.0. The first-order chi connectivity index (χ1) is 14.8. The standard InChI is InChI=1S/C25H43N5.HI/c1-3-26-25(27-14-8-9-15-29-20-18-28(4-2)19-21-29)30-16-12-24(13-17-30)22-23-10-6-5-7-11-23;/h5-7,10-11,24H,3-4,8-9,12-22H2,1-2H3,(H,26,27);1H. The summed E-state index contributed by atoms with van der Waals surface area (Å²) in [5.74, 6) is 1.94. The van der Waals surface area contributed by atoms with E-state index in [0.29, 0.717) is 0 Å². The Kier molecular flexibility index (Phi) is 12.8. The second-order valence-corrected chi connectivity index (χ2v) is 8.84. The quantitative estimate of drug-likeness (QED) is 0.222. The molecule has 0 bridgehead atoms. The van der Waals surface area contributed by atoms with E-state index in [4.69, 9.17) is 4.99 Å². The van der Waals surface area contributed by atoms with Crippen molar-refractivity contribution >= 4 is 29.9 Å². The number of guanidine groups is 1. The van der Waals surface area contributed by atoms with E-state index in [1.54, 1.807) is 0 Å². The average Bonchev–Trinajstić information content (AvgIpc) is 2.80. The van der Waals surface area contributed by atoms with Crippen molar-refractivity contribution in [1.29, 1.82) is 0 Å². The van der Waals surface area contributed by atoms with Gasteiger partial charge in [-0.25, -0.2) is 0 Å². The van der Waals surface area contributed by atoms with Crippen LogP contribution >= 0.6 is 24.0 Å². The summed E-state index contributed by atoms with van der Waals surface area (Å²) in [6.07, 6.45) is 6.20. The molecule has 2 fully saturated rings. The van der Waals surface area contributed by atoms with E-state index in [2.05, 4.69) is 64.2 Å². The van der Waals surface area contributed by atoms with Crippen molar-refractivity contribution in [3.05, 3.63) is 35.9 Å². The fraction of sp³-hybridized carbons (Fsp3) is 0.720. The van der Waals surface area contributed by atoms with Gasteiger partial charge in [0.1, 0.15) is 0 Å². The van der Waals surface area contributed by atoms with Gasteiger partial charge in [0.25, 0.3) is 0 Å². The normalized spacial score (nSPS) is 19.3. The van der Waals surface area contributed by atoms with Crippen LogP contribution in [0.15, 0.2) is 35.3 Å². The Morgan fingerprint density at radius 1 is 0.935 bits per heavy atom. The Morgan fingerprint density at radius 3 is 2.26 bits per heavy atom. The smallest absolute Gasteiger partial charge is 0.193 e. The summed E-state index contributed by atoms with van der Waals surface area (Å²) in [7, 11) is 0. The fourth-order valence-electron chi connectivity index (χ4n) is 4.68. The molecule has 176 valence electrons. The molecule has 0 amide bonds. The van der Waals surface area contributed by atoms with Crippen LogP contribution in [-0.2, 0) is 6.42 Å². The van der Waals surface area contributed by atoms with Gasteiger partial charge in [-0.3, -0.25) is 4.99 Å². The number of piperidine rings is 1. The van der Waals surface area contributed by atoms with Crippen molar-refractivity contribution in [2.75, 3.05) is 65.4 Å². The van der Waals surface area contributed by atoms with Crippen molar-refractivity contribution in [2.45, 2.75) is 46.0 Å². The molecule has 0 aliphatic carbocycles. The molecule has 2 aliphatic heterocycles. The molecule has 2 saturated heterocycles. The maximum Gasteiger partial charge on any atom is 0.193 e. The van der Waals surface area contributed by atoms with Crippen LogP contribution in [-0.4, -0.2) is 86.1 Å². The Balaban J connectivity index is 0.00000341. The molecule has 1 N–H and O–H groups in total. The van der Waals surface area contributed by atoms with Crippen LogP contribution in [0, 0.1) is 5.92 Å². The van der Waals surface area contributed by atoms with Gasteiger partial charge in [-0.2, -0.15) is 0 Å². The molecule has 0 spiro atoms. The van der Waals surface area contributed by atoms with Crippen LogP contribution in [0.3, 0.4) is 0 Å². The minimum Gasteiger partial charge on any atom is -0.357 e. The van der Waals surface area contributed by atoms with Crippen LogP contribution < -0.4 is 5.32 Å². The molecule has 5 nitrogen and oxygen atoms in total. The van der Waals surface area contributed by atoms with Crippen molar-refractivity contribution in [3.8, 4) is 0 Å². The molecule has 2 aliphatic rings. The van der Waals surface area contributed by atoms with Crippen LogP contribution in [0.4, 0.5) is 0 Å². The number of nitrogens with one attached hydrogen (secondary N) is 1. The molecule has 1 aromatic carbocycles. The Morgan fingerprint density at radius 2 is 1.61 bits per heavy atom. The molecular weight excluding hydrogens is 497 g/mol. The number of benzene rings is 1. The number of halogens is 1. The van der Waals surface area contributed by atoms with Gasteiger partial charge in [0, 0.05) is 52.4 Å². The lowest BCUT2D eigenvalue weighted by molar-refractivity contribution is 0.136. The summed E-state index contributed by atoms with van der Waals surface area (Å²) in [4.78, 5) is 12.6. The van der Waals surface area contributed by atoms with Gasteiger partial charge in [0.2, 0.25) is 0 Å². The molecule has 0 saturated carbocycles. The van der Waals surface area contributed by atoms with Crippen molar-refractivity contribution in [1.82, 2.24) is 20.0 Å². The highest BCUT2D eigenvalue weighted by molar-refractivity contribution is 14.0. The fourth-order valence-corrected chi connectivity index (χ4v) is 4.68. The van der Waals surface area contributed by atoms with E-state index >= 15 is 0 Å². The zero-order valence-corrected chi connectivity index (χ0v) is 22.1. The lowest BCUT2D eigenvalue weighted by atomic mass is 9.90. The SMILES string of the molecule is CCNC(=NCCCCN1CCN(CC)CC1)N1CCC(Cc2ccccc2)CC1.I. The number of rotatable bonds is 9. The molecule has 3 rings (SSSR count). The zero-order valence-electron chi connectivity index (χ0n) is 19.8. The van der Waals surface area contributed by atoms with Gasteiger partial charge >= 0.3 is 0 Å². The van der Waals surface area contributed by atoms with Crippen molar-refractivity contribution < 1.29 is 0 Å². The summed E-state index contributed by atoms with van der Waals surface area (Å²) in [6, 6.07) is 11.0. The maximum atomic E-state index is 4.96. The van der Waals surface area contributed by atoms with Gasteiger partial charge in [0.05, 0.1) is 0 Å². The van der Waals surface area contributed by atoms with E-state index in [-0.39, 0.29) is 24.0 Å². The lowest BCUT2D eigenvalue weighted by Crippen LogP contribution is -2.46. The topological polar surface area (TPSA) is 34.1 Å². The third-order valence-corrected chi connectivity index (χ3v) is 6.67. The Labute approximate surface area is 207 Å². The van der Waals surface area contributed by atoms with Gasteiger partial charge < -0.3 is 20.0 Å². The first-order valence-electron chi connectivity index (χ1n) is 12.3. The van der Waals surface area contributed by atoms with Crippen LogP contribution in [0.25, 0.3) is 0 Å². The number of likely N-dealkylation sites (tertiary alicyclic amines) is 1. The molecule has 1 aromatic rings. The molecule has 0 unspecified atom stereocenters. The summed E-state index contributed by atoms with van der Waals surface area (Å²) in [5, 5.41) is 3.53. The number of aliphatic imine (C=N–C) groups is 1. The third kappa shape index (κ3) is 9.26. The minimum atomic E-state index is 0. The average molecular weight is 542 g/mol. The molecule has 31 heavy (non-hydrogen) atoms. The van der Waals surface area contributed by atoms with E-state index in [1.807, 2.05) is 0 Å². The van der Waals surface area contributed by atoms with Crippen LogP contribution in [0.1, 0.15) is 45.1 Å². The van der Waals surface area contributed by atoms with Crippen molar-refractivity contribution in [3.63, 3.8) is 0 Å². The van der Waals surface area contributed by atoms with Gasteiger partial charge in [-0.1, -0.05) is 37.3 Å². The van der Waals surface area contributed by atoms with Crippen LogP contribution in [0.5, 0.6) is 0 Å². The molecule has 0 radical (unpaired) electrons. The maximum absolute atomic E-state index is 4.96. The van der Waals surface area contributed by atoms with Gasteiger partial charge in [-0.05, 0) is 63.6 Å². The Bertz CT molecular complexity index is 608. The molecule has 6 heteroatoms. The summed E-state index contributed by atoms with van der Waals surface area (Å²) >= 11 is 0. The van der Waals surface area contributed by atoms with Crippen molar-refractivity contribution in [2.24, 2.45) is 10.9 Å². The Hall–Kier alpha value is -0.860. The minimum absolute atomic E-state index is 0. The highest BCUT2D eigenvalue weighted by Crippen LogP contribution is 2.21. The predicted octanol–water partition coefficient (Wildman–Crippen LogP) is 3.94. The predicted molar refractivity (Wildman–Crippen MR) is 144 cm³/mol. The summed E-state index contributed by atoms with van der Waals surface area (Å²) < 4.78 is 0. The number of piperazine rings is 1.